The number of benzene rings is 3. The molecule has 0 amide bonds. The minimum Gasteiger partial charge on any atom is -0.0610 e. The van der Waals surface area contributed by atoms with E-state index in [2.05, 4.69) is 93.0 Å². The summed E-state index contributed by atoms with van der Waals surface area (Å²) in [5.41, 5.74) is 7.60. The van der Waals surface area contributed by atoms with E-state index in [1.807, 2.05) is 30.3 Å². The number of allylic oxidation sites excluding steroid dienone is 1. The van der Waals surface area contributed by atoms with E-state index in [0.717, 1.165) is 22.3 Å². The Balaban J connectivity index is 1.95. The second kappa shape index (κ2) is 8.75. The van der Waals surface area contributed by atoms with Gasteiger partial charge in [0.15, 0.2) is 0 Å². The molecule has 0 aliphatic heterocycles. The van der Waals surface area contributed by atoms with Gasteiger partial charge < -0.3 is 0 Å². The van der Waals surface area contributed by atoms with Gasteiger partial charge in [-0.25, -0.2) is 0 Å². The van der Waals surface area contributed by atoms with Crippen LogP contribution in [0.5, 0.6) is 0 Å². The molecule has 130 valence electrons. The van der Waals surface area contributed by atoms with E-state index in [9.17, 15) is 0 Å². The fourth-order valence-electron chi connectivity index (χ4n) is 2.49. The molecular formula is C27H22. The van der Waals surface area contributed by atoms with Gasteiger partial charge in [0.2, 0.25) is 0 Å². The van der Waals surface area contributed by atoms with Crippen LogP contribution in [0.3, 0.4) is 0 Å². The zero-order valence-corrected chi connectivity index (χ0v) is 16.0. The Hall–Kier alpha value is -3.48. The minimum atomic E-state index is 0.806. The zero-order chi connectivity index (χ0) is 19.1. The molecule has 0 radical (unpaired) electrons. The molecule has 0 spiro atoms. The summed E-state index contributed by atoms with van der Waals surface area (Å²) in [7, 11) is 0. The molecule has 3 rings (SSSR count). The van der Waals surface area contributed by atoms with Gasteiger partial charge >= 0.3 is 0 Å². The monoisotopic (exact) mass is 346 g/mol. The lowest BCUT2D eigenvalue weighted by atomic mass is 10.1. The summed E-state index contributed by atoms with van der Waals surface area (Å²) in [5, 5.41) is 0. The molecule has 0 unspecified atom stereocenters. The summed E-state index contributed by atoms with van der Waals surface area (Å²) >= 11 is 0. The lowest BCUT2D eigenvalue weighted by molar-refractivity contribution is 1.46. The van der Waals surface area contributed by atoms with E-state index < -0.39 is 0 Å². The molecule has 3 aromatic rings. The van der Waals surface area contributed by atoms with Crippen molar-refractivity contribution >= 4 is 6.08 Å². The Morgan fingerprint density at radius 1 is 0.556 bits per heavy atom. The number of aryl methyl sites for hydroxylation is 3. The highest BCUT2D eigenvalue weighted by Gasteiger charge is 1.93. The van der Waals surface area contributed by atoms with Crippen molar-refractivity contribution in [1.82, 2.24) is 0 Å². The molecule has 0 saturated carbocycles. The van der Waals surface area contributed by atoms with Crippen molar-refractivity contribution < 1.29 is 0 Å². The maximum atomic E-state index is 3.24. The highest BCUT2D eigenvalue weighted by Crippen LogP contribution is 2.09. The quantitative estimate of drug-likeness (QED) is 0.467. The molecule has 0 nitrogen and oxygen atoms in total. The van der Waals surface area contributed by atoms with E-state index >= 15 is 0 Å². The van der Waals surface area contributed by atoms with E-state index in [1.54, 1.807) is 0 Å². The van der Waals surface area contributed by atoms with E-state index in [1.165, 1.54) is 16.7 Å². The SMILES string of the molecule is Cc1ccc(C#CC(C#Cc2ccc(C)cc2)=Cc2ccc(C)cc2)cc1. The van der Waals surface area contributed by atoms with Gasteiger partial charge in [0.1, 0.15) is 0 Å². The number of hydrogen-bond acceptors (Lipinski definition) is 0. The fraction of sp³-hybridized carbons (Fsp3) is 0.111. The van der Waals surface area contributed by atoms with Crippen LogP contribution in [0.1, 0.15) is 33.4 Å². The average molecular weight is 346 g/mol. The van der Waals surface area contributed by atoms with Crippen LogP contribution < -0.4 is 0 Å². The summed E-state index contributed by atoms with van der Waals surface area (Å²) in [6, 6.07) is 24.9. The molecule has 0 bridgehead atoms. The molecule has 0 aromatic heterocycles. The largest absolute Gasteiger partial charge is 0.0757 e. The first-order chi connectivity index (χ1) is 13.1. The van der Waals surface area contributed by atoms with Crippen molar-refractivity contribution in [2.75, 3.05) is 0 Å². The van der Waals surface area contributed by atoms with Gasteiger partial charge in [0, 0.05) is 11.1 Å². The second-order valence-electron chi connectivity index (χ2n) is 6.70. The molecule has 0 aliphatic carbocycles. The van der Waals surface area contributed by atoms with E-state index in [4.69, 9.17) is 0 Å². The predicted octanol–water partition coefficient (Wildman–Crippen LogP) is 6.10. The molecular weight excluding hydrogens is 324 g/mol. The normalized spacial score (nSPS) is 9.44. The maximum absolute atomic E-state index is 3.24. The molecule has 0 heteroatoms. The summed E-state index contributed by atoms with van der Waals surface area (Å²) in [5.74, 6) is 12.9. The van der Waals surface area contributed by atoms with Crippen LogP contribution in [0.4, 0.5) is 0 Å². The molecule has 0 fully saturated rings. The average Bonchev–Trinajstić information content (AvgIpc) is 2.68. The van der Waals surface area contributed by atoms with Crippen molar-refractivity contribution in [2.45, 2.75) is 20.8 Å². The first kappa shape index (κ1) is 18.3. The fourth-order valence-corrected chi connectivity index (χ4v) is 2.49. The first-order valence-electron chi connectivity index (χ1n) is 9.04. The number of hydrogen-bond donors (Lipinski definition) is 0. The third-order valence-corrected chi connectivity index (χ3v) is 4.17. The standard InChI is InChI=1S/C27H22/c1-21-4-10-24(11-5-21)16-18-27(20-26-14-8-23(3)9-15-26)19-17-25-12-6-22(2)7-13-25/h4-15,20H,1-3H3. The Labute approximate surface area is 162 Å². The van der Waals surface area contributed by atoms with Gasteiger partial charge in [-0.1, -0.05) is 88.9 Å². The zero-order valence-electron chi connectivity index (χ0n) is 16.0. The Morgan fingerprint density at radius 3 is 1.33 bits per heavy atom. The predicted molar refractivity (Wildman–Crippen MR) is 115 cm³/mol. The number of rotatable bonds is 1. The van der Waals surface area contributed by atoms with Gasteiger partial charge in [-0.2, -0.15) is 0 Å². The summed E-state index contributed by atoms with van der Waals surface area (Å²) in [4.78, 5) is 0. The van der Waals surface area contributed by atoms with Gasteiger partial charge in [0.25, 0.3) is 0 Å². The second-order valence-corrected chi connectivity index (χ2v) is 6.70. The Kier molecular flexibility index (Phi) is 5.94. The van der Waals surface area contributed by atoms with Crippen LogP contribution in [-0.4, -0.2) is 0 Å². The topological polar surface area (TPSA) is 0 Å². The van der Waals surface area contributed by atoms with Crippen LogP contribution in [0.15, 0.2) is 78.4 Å². The molecule has 0 heterocycles. The van der Waals surface area contributed by atoms with Crippen molar-refractivity contribution in [3.63, 3.8) is 0 Å². The third-order valence-electron chi connectivity index (χ3n) is 4.17. The Bertz CT molecular complexity index is 988. The summed E-state index contributed by atoms with van der Waals surface area (Å²) in [6.45, 7) is 6.24. The van der Waals surface area contributed by atoms with Crippen LogP contribution in [0.2, 0.25) is 0 Å². The molecule has 0 atom stereocenters. The summed E-state index contributed by atoms with van der Waals surface area (Å²) < 4.78 is 0. The van der Waals surface area contributed by atoms with Crippen molar-refractivity contribution in [2.24, 2.45) is 0 Å². The summed E-state index contributed by atoms with van der Waals surface area (Å²) in [6.07, 6.45) is 2.04. The maximum Gasteiger partial charge on any atom is 0.0757 e. The van der Waals surface area contributed by atoms with Gasteiger partial charge in [-0.05, 0) is 56.7 Å². The molecule has 3 aromatic carbocycles. The van der Waals surface area contributed by atoms with E-state index in [0.29, 0.717) is 0 Å². The van der Waals surface area contributed by atoms with E-state index in [-0.39, 0.29) is 0 Å². The van der Waals surface area contributed by atoms with Crippen molar-refractivity contribution in [1.29, 1.82) is 0 Å². The highest BCUT2D eigenvalue weighted by atomic mass is 14.0. The van der Waals surface area contributed by atoms with Crippen LogP contribution >= 0.6 is 0 Å². The minimum absolute atomic E-state index is 0.806. The smallest absolute Gasteiger partial charge is 0.0610 e. The third kappa shape index (κ3) is 5.78. The van der Waals surface area contributed by atoms with Gasteiger partial charge in [0.05, 0.1) is 5.57 Å². The van der Waals surface area contributed by atoms with Crippen molar-refractivity contribution in [3.8, 4) is 23.7 Å². The molecule has 0 aliphatic rings. The lowest BCUT2D eigenvalue weighted by Gasteiger charge is -1.96. The van der Waals surface area contributed by atoms with Crippen molar-refractivity contribution in [3.05, 3.63) is 112 Å². The Morgan fingerprint density at radius 2 is 0.926 bits per heavy atom. The van der Waals surface area contributed by atoms with Gasteiger partial charge in [-0.3, -0.25) is 0 Å². The lowest BCUT2D eigenvalue weighted by Crippen LogP contribution is -1.81. The van der Waals surface area contributed by atoms with Crippen LogP contribution in [0, 0.1) is 44.5 Å². The highest BCUT2D eigenvalue weighted by molar-refractivity contribution is 5.66. The van der Waals surface area contributed by atoms with Crippen LogP contribution in [0.25, 0.3) is 6.08 Å². The first-order valence-corrected chi connectivity index (χ1v) is 9.04. The molecule has 0 saturated heterocycles. The molecule has 0 N–H and O–H groups in total. The van der Waals surface area contributed by atoms with Crippen LogP contribution in [-0.2, 0) is 0 Å². The molecule has 27 heavy (non-hydrogen) atoms. The van der Waals surface area contributed by atoms with Gasteiger partial charge in [-0.15, -0.1) is 0 Å².